The minimum absolute atomic E-state index is 0.300. The lowest BCUT2D eigenvalue weighted by atomic mass is 9.85. The Morgan fingerprint density at radius 2 is 1.40 bits per heavy atom. The van der Waals surface area contributed by atoms with Crippen LogP contribution >= 0.6 is 0 Å². The average Bonchev–Trinajstić information content (AvgIpc) is 3.22. The van der Waals surface area contributed by atoms with Gasteiger partial charge in [0.2, 0.25) is 0 Å². The van der Waals surface area contributed by atoms with Crippen molar-refractivity contribution in [2.75, 3.05) is 6.61 Å². The largest absolute Gasteiger partial charge is 0.396 e. The van der Waals surface area contributed by atoms with Gasteiger partial charge in [-0.3, -0.25) is 0 Å². The van der Waals surface area contributed by atoms with Gasteiger partial charge in [0.25, 0.3) is 0 Å². The highest BCUT2D eigenvalue weighted by molar-refractivity contribution is 5.20. The summed E-state index contributed by atoms with van der Waals surface area (Å²) in [5.74, 6) is 1.08. The van der Waals surface area contributed by atoms with E-state index >= 15 is 0 Å². The van der Waals surface area contributed by atoms with Crippen molar-refractivity contribution < 1.29 is 5.11 Å². The highest BCUT2D eigenvalue weighted by Crippen LogP contribution is 2.36. The summed E-state index contributed by atoms with van der Waals surface area (Å²) in [7, 11) is 0. The topological polar surface area (TPSA) is 20.2 Å². The van der Waals surface area contributed by atoms with Gasteiger partial charge in [-0.25, -0.2) is 0 Å². The van der Waals surface area contributed by atoms with Crippen LogP contribution in [-0.4, -0.2) is 11.7 Å². The number of aliphatic hydroxyl groups is 1. The summed E-state index contributed by atoms with van der Waals surface area (Å²) < 4.78 is 0. The number of rotatable bonds is 7. The van der Waals surface area contributed by atoms with E-state index in [0.717, 1.165) is 0 Å². The third kappa shape index (κ3) is 12.7. The molecule has 0 heterocycles. The van der Waals surface area contributed by atoms with E-state index in [-0.39, 0.29) is 0 Å². The third-order valence-electron chi connectivity index (χ3n) is 4.60. The molecule has 0 saturated heterocycles. The lowest BCUT2D eigenvalue weighted by Crippen LogP contribution is -2.13. The summed E-state index contributed by atoms with van der Waals surface area (Å²) >= 11 is 0. The smallest absolute Gasteiger partial charge is 0.0502 e. The lowest BCUT2D eigenvalue weighted by Gasteiger charge is -2.21. The first-order valence-corrected chi connectivity index (χ1v) is 10.3. The van der Waals surface area contributed by atoms with Gasteiger partial charge in [0.05, 0.1) is 6.61 Å². The molecular weight excluding hydrogens is 304 g/mol. The molecule has 1 unspecified atom stereocenters. The van der Waals surface area contributed by atoms with Crippen molar-refractivity contribution in [1.82, 2.24) is 0 Å². The molecule has 1 aromatic carbocycles. The maximum atomic E-state index is 9.44. The van der Waals surface area contributed by atoms with Crippen molar-refractivity contribution in [3.05, 3.63) is 35.9 Å². The minimum atomic E-state index is 0.300. The third-order valence-corrected chi connectivity index (χ3v) is 4.60. The summed E-state index contributed by atoms with van der Waals surface area (Å²) in [6.45, 7) is 8.79. The highest BCUT2D eigenvalue weighted by Gasteiger charge is 2.25. The van der Waals surface area contributed by atoms with E-state index in [0.29, 0.717) is 18.4 Å². The molecule has 1 nitrogen and oxygen atoms in total. The van der Waals surface area contributed by atoms with Gasteiger partial charge in [-0.1, -0.05) is 103 Å². The Kier molecular flexibility index (Phi) is 21.6. The van der Waals surface area contributed by atoms with Crippen molar-refractivity contribution >= 4 is 0 Å². The van der Waals surface area contributed by atoms with Crippen molar-refractivity contribution in [3.63, 3.8) is 0 Å². The zero-order chi connectivity index (χ0) is 19.3. The van der Waals surface area contributed by atoms with Crippen LogP contribution in [0.2, 0.25) is 0 Å². The Morgan fingerprint density at radius 3 is 1.80 bits per heavy atom. The molecule has 1 aromatic rings. The molecule has 144 valence electrons. The summed E-state index contributed by atoms with van der Waals surface area (Å²) in [6, 6.07) is 10.4. The lowest BCUT2D eigenvalue weighted by molar-refractivity contribution is 0.226. The van der Waals surface area contributed by atoms with Gasteiger partial charge < -0.3 is 5.11 Å². The van der Waals surface area contributed by atoms with Crippen LogP contribution in [0.3, 0.4) is 0 Å². The summed E-state index contributed by atoms with van der Waals surface area (Å²) in [4.78, 5) is 0. The second-order valence-corrected chi connectivity index (χ2v) is 6.30. The van der Waals surface area contributed by atoms with E-state index in [1.165, 1.54) is 63.4 Å². The molecule has 0 spiro atoms. The molecule has 1 atom stereocenters. The molecule has 1 saturated carbocycles. The number of hydrogen-bond donors (Lipinski definition) is 1. The Balaban J connectivity index is 0. The second-order valence-electron chi connectivity index (χ2n) is 6.30. The van der Waals surface area contributed by atoms with Gasteiger partial charge in [0.15, 0.2) is 0 Å². The molecule has 0 aliphatic heterocycles. The number of aliphatic hydroxyl groups excluding tert-OH is 1. The summed E-state index contributed by atoms with van der Waals surface area (Å²) in [5.41, 5.74) is 1.31. The number of unbranched alkanes of at least 4 members (excludes halogenated alkanes) is 4. The molecule has 1 N–H and O–H groups in total. The van der Waals surface area contributed by atoms with Gasteiger partial charge in [-0.05, 0) is 24.3 Å². The van der Waals surface area contributed by atoms with Crippen molar-refractivity contribution in [2.24, 2.45) is 5.92 Å². The Hall–Kier alpha value is -1.26. The van der Waals surface area contributed by atoms with Gasteiger partial charge in [-0.15, -0.1) is 12.8 Å². The van der Waals surface area contributed by atoms with Crippen LogP contribution in [0.25, 0.3) is 0 Å². The molecular formula is C24H42O. The zero-order valence-electron chi connectivity index (χ0n) is 17.2. The first-order valence-electron chi connectivity index (χ1n) is 10.3. The molecule has 1 aliphatic carbocycles. The van der Waals surface area contributed by atoms with Crippen LogP contribution in [0.5, 0.6) is 0 Å². The van der Waals surface area contributed by atoms with E-state index in [2.05, 4.69) is 51.0 Å². The highest BCUT2D eigenvalue weighted by atomic mass is 16.3. The van der Waals surface area contributed by atoms with E-state index < -0.39 is 0 Å². The molecule has 0 amide bonds. The van der Waals surface area contributed by atoms with Crippen LogP contribution in [-0.2, 0) is 0 Å². The van der Waals surface area contributed by atoms with Crippen LogP contribution in [0.4, 0.5) is 0 Å². The molecule has 1 aliphatic rings. The maximum absolute atomic E-state index is 9.44. The van der Waals surface area contributed by atoms with E-state index in [1.807, 2.05) is 19.9 Å². The number of terminal acetylenes is 1. The average molecular weight is 347 g/mol. The molecule has 1 heteroatoms. The number of benzene rings is 1. The molecule has 1 fully saturated rings. The van der Waals surface area contributed by atoms with Crippen molar-refractivity contribution in [2.45, 2.75) is 91.4 Å². The summed E-state index contributed by atoms with van der Waals surface area (Å²) in [6.07, 6.45) is 20.3. The van der Waals surface area contributed by atoms with Crippen molar-refractivity contribution in [3.8, 4) is 12.8 Å². The predicted molar refractivity (Wildman–Crippen MR) is 114 cm³/mol. The van der Waals surface area contributed by atoms with Crippen LogP contribution < -0.4 is 0 Å². The Bertz CT molecular complexity index is 358. The quantitative estimate of drug-likeness (QED) is 0.408. The molecule has 0 radical (unpaired) electrons. The monoisotopic (exact) mass is 346 g/mol. The van der Waals surface area contributed by atoms with Crippen LogP contribution in [0.15, 0.2) is 30.3 Å². The van der Waals surface area contributed by atoms with Gasteiger partial charge in [0, 0.05) is 5.92 Å². The predicted octanol–water partition coefficient (Wildman–Crippen LogP) is 7.21. The normalized spacial score (nSPS) is 14.0. The van der Waals surface area contributed by atoms with Crippen LogP contribution in [0.1, 0.15) is 97.0 Å². The van der Waals surface area contributed by atoms with E-state index in [4.69, 9.17) is 0 Å². The Labute approximate surface area is 158 Å². The zero-order valence-corrected chi connectivity index (χ0v) is 17.2. The molecule has 2 rings (SSSR count). The fourth-order valence-electron chi connectivity index (χ4n) is 3.26. The molecule has 0 aromatic heterocycles. The van der Waals surface area contributed by atoms with E-state index in [1.54, 1.807) is 0 Å². The second kappa shape index (κ2) is 20.8. The van der Waals surface area contributed by atoms with Gasteiger partial charge in [0.1, 0.15) is 0 Å². The SMILES string of the molecule is C#C.CC.CCCCCCC.OCC(c1ccccc1)C1CCCC1. The van der Waals surface area contributed by atoms with Gasteiger partial charge in [-0.2, -0.15) is 0 Å². The number of hydrogen-bond acceptors (Lipinski definition) is 1. The van der Waals surface area contributed by atoms with Crippen molar-refractivity contribution in [1.29, 1.82) is 0 Å². The standard InChI is InChI=1S/C13H18O.C7H16.C2H6.C2H2/c14-10-13(12-8-4-5-9-12)11-6-2-1-3-7-11;1-3-5-7-6-4-2;2*1-2/h1-3,6-7,12-14H,4-5,8-10H2;3-7H2,1-2H3;1-2H3;1-2H. The maximum Gasteiger partial charge on any atom is 0.0502 e. The molecule has 0 bridgehead atoms. The Morgan fingerprint density at radius 1 is 0.920 bits per heavy atom. The molecule has 25 heavy (non-hydrogen) atoms. The minimum Gasteiger partial charge on any atom is -0.396 e. The summed E-state index contributed by atoms with van der Waals surface area (Å²) in [5, 5.41) is 9.44. The first kappa shape index (κ1) is 26.0. The first-order chi connectivity index (χ1) is 12.3. The van der Waals surface area contributed by atoms with Crippen LogP contribution in [0, 0.1) is 18.8 Å². The van der Waals surface area contributed by atoms with E-state index in [9.17, 15) is 5.11 Å². The van der Waals surface area contributed by atoms with Gasteiger partial charge >= 0.3 is 0 Å². The fraction of sp³-hybridized carbons (Fsp3) is 0.667. The fourth-order valence-corrected chi connectivity index (χ4v) is 3.26.